The summed E-state index contributed by atoms with van der Waals surface area (Å²) in [6, 6.07) is -0.170. The van der Waals surface area contributed by atoms with Gasteiger partial charge in [0.25, 0.3) is 0 Å². The number of aliphatic hydroxyl groups excluding tert-OH is 2. The van der Waals surface area contributed by atoms with E-state index >= 15 is 0 Å². The fraction of sp³-hybridized carbons (Fsp3) is 0.333. The van der Waals surface area contributed by atoms with Crippen molar-refractivity contribution < 1.29 is 14.6 Å². The molecule has 0 aromatic rings. The Morgan fingerprint density at radius 2 is 2.29 bits per heavy atom. The number of hydrazine groups is 1. The topological polar surface area (TPSA) is 46.9 Å². The molecule has 0 fully saturated rings. The summed E-state index contributed by atoms with van der Waals surface area (Å²) in [5, 5.41) is 21.4. The molecule has 0 saturated heterocycles. The zero-order chi connectivity index (χ0) is 10.3. The van der Waals surface area contributed by atoms with E-state index in [1.807, 2.05) is 0 Å². The number of halogens is 1. The molecule has 14 heavy (non-hydrogen) atoms. The van der Waals surface area contributed by atoms with Crippen LogP contribution in [0.4, 0.5) is 4.39 Å². The van der Waals surface area contributed by atoms with Gasteiger partial charge in [0, 0.05) is 13.1 Å². The molecule has 4 nitrogen and oxygen atoms in total. The fourth-order valence-electron chi connectivity index (χ4n) is 1.56. The lowest BCUT2D eigenvalue weighted by Crippen LogP contribution is -2.38. The van der Waals surface area contributed by atoms with Gasteiger partial charge in [-0.1, -0.05) is 0 Å². The molecule has 2 heterocycles. The SMILES string of the molecule is CN1C(CO)C=C2C=C(O)C(F)=CN21. The molecule has 0 aliphatic carbocycles. The van der Waals surface area contributed by atoms with Gasteiger partial charge < -0.3 is 10.2 Å². The van der Waals surface area contributed by atoms with E-state index in [-0.39, 0.29) is 18.4 Å². The molecule has 2 aliphatic rings. The van der Waals surface area contributed by atoms with Crippen LogP contribution < -0.4 is 0 Å². The van der Waals surface area contributed by atoms with Gasteiger partial charge in [0.05, 0.1) is 24.5 Å². The van der Waals surface area contributed by atoms with Crippen LogP contribution in [0.2, 0.25) is 0 Å². The molecule has 0 saturated carbocycles. The van der Waals surface area contributed by atoms with Crippen molar-refractivity contribution in [1.82, 2.24) is 10.0 Å². The maximum atomic E-state index is 13.0. The Hall–Kier alpha value is -1.33. The third-order valence-corrected chi connectivity index (χ3v) is 2.40. The van der Waals surface area contributed by atoms with E-state index in [2.05, 4.69) is 0 Å². The average molecular weight is 198 g/mol. The van der Waals surface area contributed by atoms with Crippen LogP contribution >= 0.6 is 0 Å². The van der Waals surface area contributed by atoms with Crippen LogP contribution in [-0.2, 0) is 0 Å². The zero-order valence-corrected chi connectivity index (χ0v) is 7.68. The van der Waals surface area contributed by atoms with E-state index in [1.165, 1.54) is 12.3 Å². The van der Waals surface area contributed by atoms with Crippen LogP contribution in [-0.4, -0.2) is 39.9 Å². The van der Waals surface area contributed by atoms with E-state index in [0.717, 1.165) is 0 Å². The van der Waals surface area contributed by atoms with Gasteiger partial charge in [-0.2, -0.15) is 0 Å². The molecule has 2 N–H and O–H groups in total. The Balaban J connectivity index is 2.33. The van der Waals surface area contributed by atoms with Gasteiger partial charge in [0.15, 0.2) is 11.6 Å². The van der Waals surface area contributed by atoms with Crippen molar-refractivity contribution in [3.63, 3.8) is 0 Å². The number of fused-ring (bicyclic) bond motifs is 1. The van der Waals surface area contributed by atoms with Gasteiger partial charge >= 0.3 is 0 Å². The molecule has 0 radical (unpaired) electrons. The van der Waals surface area contributed by atoms with Crippen molar-refractivity contribution in [2.75, 3.05) is 13.7 Å². The minimum absolute atomic E-state index is 0.0411. The Kier molecular flexibility index (Phi) is 2.05. The van der Waals surface area contributed by atoms with Gasteiger partial charge in [-0.15, -0.1) is 0 Å². The first kappa shape index (κ1) is 9.23. The van der Waals surface area contributed by atoms with E-state index < -0.39 is 5.83 Å². The Morgan fingerprint density at radius 1 is 1.57 bits per heavy atom. The highest BCUT2D eigenvalue weighted by atomic mass is 19.1. The number of likely N-dealkylation sites (N-methyl/N-ethyl adjacent to an activating group) is 1. The van der Waals surface area contributed by atoms with Crippen molar-refractivity contribution >= 4 is 0 Å². The second-order valence-electron chi connectivity index (χ2n) is 3.27. The van der Waals surface area contributed by atoms with Crippen LogP contribution in [0.25, 0.3) is 0 Å². The first-order valence-corrected chi connectivity index (χ1v) is 4.26. The first-order valence-electron chi connectivity index (χ1n) is 4.26. The van der Waals surface area contributed by atoms with Crippen molar-refractivity contribution in [2.45, 2.75) is 6.04 Å². The van der Waals surface area contributed by atoms with Crippen LogP contribution in [0, 0.1) is 0 Å². The van der Waals surface area contributed by atoms with E-state index in [9.17, 15) is 4.39 Å². The third kappa shape index (κ3) is 1.21. The highest BCUT2D eigenvalue weighted by Gasteiger charge is 2.30. The summed E-state index contributed by atoms with van der Waals surface area (Å²) in [5.74, 6) is -1.05. The minimum atomic E-state index is -0.674. The predicted octanol–water partition coefficient (Wildman–Crippen LogP) is 0.660. The standard InChI is InChI=1S/C9H11FN2O2/c1-11-7(5-13)2-6-3-9(14)8(10)4-12(6)11/h2-4,7,13-14H,5H2,1H3. The highest BCUT2D eigenvalue weighted by molar-refractivity contribution is 5.37. The summed E-state index contributed by atoms with van der Waals surface area (Å²) < 4.78 is 13.0. The second-order valence-corrected chi connectivity index (χ2v) is 3.27. The fourth-order valence-corrected chi connectivity index (χ4v) is 1.56. The van der Waals surface area contributed by atoms with Crippen LogP contribution in [0.5, 0.6) is 0 Å². The Morgan fingerprint density at radius 3 is 2.93 bits per heavy atom. The molecule has 2 aliphatic heterocycles. The molecule has 2 rings (SSSR count). The van der Waals surface area contributed by atoms with Crippen molar-refractivity contribution in [2.24, 2.45) is 0 Å². The largest absolute Gasteiger partial charge is 0.505 e. The summed E-state index contributed by atoms with van der Waals surface area (Å²) in [5.41, 5.74) is 0.672. The number of nitrogens with zero attached hydrogens (tertiary/aromatic N) is 2. The predicted molar refractivity (Wildman–Crippen MR) is 48.5 cm³/mol. The number of allylic oxidation sites excluding steroid dienone is 2. The molecule has 76 valence electrons. The van der Waals surface area contributed by atoms with Gasteiger partial charge in [0.2, 0.25) is 0 Å². The average Bonchev–Trinajstić information content (AvgIpc) is 2.45. The molecule has 5 heteroatoms. The summed E-state index contributed by atoms with van der Waals surface area (Å²) in [6.45, 7) is -0.0411. The third-order valence-electron chi connectivity index (χ3n) is 2.40. The van der Waals surface area contributed by atoms with Crippen LogP contribution in [0.3, 0.4) is 0 Å². The first-order chi connectivity index (χ1) is 6.63. The lowest BCUT2D eigenvalue weighted by atomic mass is 10.2. The van der Waals surface area contributed by atoms with Crippen molar-refractivity contribution in [1.29, 1.82) is 0 Å². The van der Waals surface area contributed by atoms with Crippen molar-refractivity contribution in [3.8, 4) is 0 Å². The van der Waals surface area contributed by atoms with Crippen LogP contribution in [0.1, 0.15) is 0 Å². The summed E-state index contributed by atoms with van der Waals surface area (Å²) in [6.07, 6.45) is 4.29. The maximum absolute atomic E-state index is 13.0. The molecular weight excluding hydrogens is 187 g/mol. The number of rotatable bonds is 1. The Labute approximate surface area is 80.8 Å². The van der Waals surface area contributed by atoms with E-state index in [1.54, 1.807) is 23.1 Å². The minimum Gasteiger partial charge on any atom is -0.505 e. The lowest BCUT2D eigenvalue weighted by molar-refractivity contribution is 0.0546. The monoisotopic (exact) mass is 198 g/mol. The van der Waals surface area contributed by atoms with E-state index in [0.29, 0.717) is 5.70 Å². The van der Waals surface area contributed by atoms with Crippen LogP contribution in [0.15, 0.2) is 35.6 Å². The smallest absolute Gasteiger partial charge is 0.182 e. The summed E-state index contributed by atoms with van der Waals surface area (Å²) >= 11 is 0. The number of hydrogen-bond donors (Lipinski definition) is 2. The second kappa shape index (κ2) is 3.11. The molecule has 0 amide bonds. The van der Waals surface area contributed by atoms with E-state index in [4.69, 9.17) is 10.2 Å². The summed E-state index contributed by atoms with van der Waals surface area (Å²) in [4.78, 5) is 0. The highest BCUT2D eigenvalue weighted by Crippen LogP contribution is 2.29. The van der Waals surface area contributed by atoms with Gasteiger partial charge in [-0.05, 0) is 6.08 Å². The molecular formula is C9H11FN2O2. The summed E-state index contributed by atoms with van der Waals surface area (Å²) in [7, 11) is 1.74. The molecule has 1 unspecified atom stereocenters. The molecule has 0 spiro atoms. The quantitative estimate of drug-likeness (QED) is 0.649. The number of aliphatic hydroxyl groups is 2. The number of hydrogen-bond acceptors (Lipinski definition) is 4. The van der Waals surface area contributed by atoms with Gasteiger partial charge in [-0.25, -0.2) is 9.40 Å². The normalized spacial score (nSPS) is 26.9. The van der Waals surface area contributed by atoms with Gasteiger partial charge in [-0.3, -0.25) is 5.01 Å². The lowest BCUT2D eigenvalue weighted by Gasteiger charge is -2.29. The maximum Gasteiger partial charge on any atom is 0.182 e. The Bertz CT molecular complexity index is 349. The van der Waals surface area contributed by atoms with Crippen molar-refractivity contribution in [3.05, 3.63) is 35.6 Å². The molecule has 0 aromatic carbocycles. The molecule has 1 atom stereocenters. The van der Waals surface area contributed by atoms with Gasteiger partial charge in [0.1, 0.15) is 0 Å². The zero-order valence-electron chi connectivity index (χ0n) is 7.68. The molecule has 0 bridgehead atoms. The molecule has 0 aromatic heterocycles.